The van der Waals surface area contributed by atoms with Crippen molar-refractivity contribution in [3.63, 3.8) is 0 Å². The van der Waals surface area contributed by atoms with Gasteiger partial charge in [-0.2, -0.15) is 4.98 Å². The standard InChI is InChI=1S/C27H48N6/c1-2-3-4-5-6-7-10-17-32-20-13-14-23(32)21-29-27-30-25-15-16-28-22-24(25)26(31-27)33-18-11-8-9-12-19-33/h23,28H,2-22H2,1H3,(H,29,30,31). The van der Waals surface area contributed by atoms with Gasteiger partial charge in [0.25, 0.3) is 0 Å². The first-order valence-corrected chi connectivity index (χ1v) is 14.2. The van der Waals surface area contributed by atoms with Gasteiger partial charge in [-0.25, -0.2) is 4.98 Å². The second-order valence-electron chi connectivity index (χ2n) is 10.5. The van der Waals surface area contributed by atoms with Crippen LogP contribution in [0.2, 0.25) is 0 Å². The molecule has 1 unspecified atom stereocenters. The van der Waals surface area contributed by atoms with Gasteiger partial charge in [0, 0.05) is 50.7 Å². The fraction of sp³-hybridized carbons (Fsp3) is 0.852. The Morgan fingerprint density at radius 1 is 0.909 bits per heavy atom. The van der Waals surface area contributed by atoms with Crippen molar-refractivity contribution in [3.05, 3.63) is 11.3 Å². The fourth-order valence-corrected chi connectivity index (χ4v) is 5.85. The Hall–Kier alpha value is -1.40. The first-order valence-electron chi connectivity index (χ1n) is 14.2. The summed E-state index contributed by atoms with van der Waals surface area (Å²) in [5.74, 6) is 2.06. The van der Waals surface area contributed by atoms with Crippen LogP contribution >= 0.6 is 0 Å². The summed E-state index contributed by atoms with van der Waals surface area (Å²) in [4.78, 5) is 15.3. The van der Waals surface area contributed by atoms with Gasteiger partial charge in [0.05, 0.1) is 5.69 Å². The lowest BCUT2D eigenvalue weighted by Crippen LogP contribution is -2.36. The van der Waals surface area contributed by atoms with Gasteiger partial charge in [-0.15, -0.1) is 0 Å². The van der Waals surface area contributed by atoms with Crippen molar-refractivity contribution in [2.24, 2.45) is 0 Å². The number of fused-ring (bicyclic) bond motifs is 1. The van der Waals surface area contributed by atoms with Crippen LogP contribution in [0.25, 0.3) is 0 Å². The molecule has 0 amide bonds. The zero-order valence-corrected chi connectivity index (χ0v) is 21.2. The number of hydrogen-bond donors (Lipinski definition) is 2. The number of anilines is 2. The van der Waals surface area contributed by atoms with Gasteiger partial charge in [-0.1, -0.05) is 58.3 Å². The van der Waals surface area contributed by atoms with Crippen molar-refractivity contribution < 1.29 is 0 Å². The van der Waals surface area contributed by atoms with Crippen LogP contribution in [0.3, 0.4) is 0 Å². The van der Waals surface area contributed by atoms with Gasteiger partial charge in [-0.05, 0) is 45.2 Å². The van der Waals surface area contributed by atoms with Crippen LogP contribution in [0, 0.1) is 0 Å². The molecule has 4 rings (SSSR count). The molecule has 0 aliphatic carbocycles. The van der Waals surface area contributed by atoms with Gasteiger partial charge >= 0.3 is 0 Å². The van der Waals surface area contributed by atoms with Crippen LogP contribution in [-0.4, -0.2) is 60.2 Å². The van der Waals surface area contributed by atoms with E-state index in [9.17, 15) is 0 Å². The zero-order chi connectivity index (χ0) is 22.7. The molecule has 2 fully saturated rings. The van der Waals surface area contributed by atoms with E-state index in [1.54, 1.807) is 0 Å². The summed E-state index contributed by atoms with van der Waals surface area (Å²) in [5, 5.41) is 7.22. The van der Waals surface area contributed by atoms with Crippen LogP contribution < -0.4 is 15.5 Å². The minimum absolute atomic E-state index is 0.632. The SMILES string of the molecule is CCCCCCCCCN1CCCC1CNc1nc2c(c(N3CCCCCC3)n1)CNCC2. The van der Waals surface area contributed by atoms with Crippen LogP contribution in [-0.2, 0) is 13.0 Å². The summed E-state index contributed by atoms with van der Waals surface area (Å²) in [6, 6.07) is 0.632. The molecule has 6 heteroatoms. The van der Waals surface area contributed by atoms with E-state index in [4.69, 9.17) is 9.97 Å². The minimum Gasteiger partial charge on any atom is -0.356 e. The number of nitrogens with one attached hydrogen (secondary N) is 2. The van der Waals surface area contributed by atoms with E-state index in [1.807, 2.05) is 0 Å². The maximum Gasteiger partial charge on any atom is 0.224 e. The number of likely N-dealkylation sites (tertiary alicyclic amines) is 1. The second kappa shape index (κ2) is 13.5. The van der Waals surface area contributed by atoms with Gasteiger partial charge in [0.15, 0.2) is 0 Å². The normalized spacial score (nSPS) is 21.7. The minimum atomic E-state index is 0.632. The molecule has 0 bridgehead atoms. The smallest absolute Gasteiger partial charge is 0.224 e. The molecule has 1 aromatic heterocycles. The van der Waals surface area contributed by atoms with E-state index in [-0.39, 0.29) is 0 Å². The molecular formula is C27H48N6. The molecule has 2 N–H and O–H groups in total. The van der Waals surface area contributed by atoms with E-state index in [1.165, 1.54) is 114 Å². The maximum absolute atomic E-state index is 5.09. The third-order valence-electron chi connectivity index (χ3n) is 7.86. The Morgan fingerprint density at radius 2 is 1.70 bits per heavy atom. The van der Waals surface area contributed by atoms with Crippen LogP contribution in [0.5, 0.6) is 0 Å². The predicted molar refractivity (Wildman–Crippen MR) is 139 cm³/mol. The monoisotopic (exact) mass is 456 g/mol. The molecule has 0 aromatic carbocycles. The second-order valence-corrected chi connectivity index (χ2v) is 10.5. The number of unbranched alkanes of at least 4 members (excludes halogenated alkanes) is 6. The highest BCUT2D eigenvalue weighted by atomic mass is 15.3. The molecule has 6 nitrogen and oxygen atoms in total. The first-order chi connectivity index (χ1) is 16.3. The third kappa shape index (κ3) is 7.29. The van der Waals surface area contributed by atoms with Crippen LogP contribution in [0.4, 0.5) is 11.8 Å². The average molecular weight is 457 g/mol. The molecule has 2 saturated heterocycles. The Balaban J connectivity index is 1.31. The zero-order valence-electron chi connectivity index (χ0n) is 21.2. The molecule has 3 aliphatic heterocycles. The Kier molecular flexibility index (Phi) is 10.1. The van der Waals surface area contributed by atoms with Crippen molar-refractivity contribution >= 4 is 11.8 Å². The summed E-state index contributed by atoms with van der Waals surface area (Å²) in [5.41, 5.74) is 2.60. The summed E-state index contributed by atoms with van der Waals surface area (Å²) in [6.07, 6.45) is 18.7. The molecule has 1 atom stereocenters. The molecule has 0 radical (unpaired) electrons. The topological polar surface area (TPSA) is 56.3 Å². The largest absolute Gasteiger partial charge is 0.356 e. The van der Waals surface area contributed by atoms with E-state index in [0.717, 1.165) is 45.1 Å². The quantitative estimate of drug-likeness (QED) is 0.425. The maximum atomic E-state index is 5.09. The van der Waals surface area contributed by atoms with E-state index in [0.29, 0.717) is 6.04 Å². The number of rotatable bonds is 12. The van der Waals surface area contributed by atoms with E-state index < -0.39 is 0 Å². The highest BCUT2D eigenvalue weighted by molar-refractivity contribution is 5.53. The molecule has 3 aliphatic rings. The average Bonchev–Trinajstić information content (AvgIpc) is 3.11. The number of hydrogen-bond acceptors (Lipinski definition) is 6. The number of nitrogens with zero attached hydrogens (tertiary/aromatic N) is 4. The van der Waals surface area contributed by atoms with Gasteiger partial charge in [-0.3, -0.25) is 4.90 Å². The van der Waals surface area contributed by atoms with Crippen molar-refractivity contribution in [2.75, 3.05) is 49.5 Å². The molecular weight excluding hydrogens is 408 g/mol. The van der Waals surface area contributed by atoms with Gasteiger partial charge < -0.3 is 15.5 Å². The van der Waals surface area contributed by atoms with E-state index in [2.05, 4.69) is 27.4 Å². The Bertz CT molecular complexity index is 700. The lowest BCUT2D eigenvalue weighted by Gasteiger charge is -2.29. The third-order valence-corrected chi connectivity index (χ3v) is 7.86. The van der Waals surface area contributed by atoms with Crippen molar-refractivity contribution in [2.45, 2.75) is 109 Å². The Morgan fingerprint density at radius 3 is 2.52 bits per heavy atom. The van der Waals surface area contributed by atoms with Crippen molar-refractivity contribution in [1.29, 1.82) is 0 Å². The number of aromatic nitrogens is 2. The molecule has 4 heterocycles. The van der Waals surface area contributed by atoms with Crippen molar-refractivity contribution in [3.8, 4) is 0 Å². The summed E-state index contributed by atoms with van der Waals surface area (Å²) < 4.78 is 0. The van der Waals surface area contributed by atoms with Gasteiger partial charge in [0.2, 0.25) is 5.95 Å². The fourth-order valence-electron chi connectivity index (χ4n) is 5.85. The van der Waals surface area contributed by atoms with E-state index >= 15 is 0 Å². The summed E-state index contributed by atoms with van der Waals surface area (Å²) in [7, 11) is 0. The molecule has 0 spiro atoms. The van der Waals surface area contributed by atoms with Crippen molar-refractivity contribution in [1.82, 2.24) is 20.2 Å². The molecule has 33 heavy (non-hydrogen) atoms. The molecule has 0 saturated carbocycles. The predicted octanol–water partition coefficient (Wildman–Crippen LogP) is 5.13. The lowest BCUT2D eigenvalue weighted by molar-refractivity contribution is 0.256. The first kappa shape index (κ1) is 24.7. The van der Waals surface area contributed by atoms with Gasteiger partial charge in [0.1, 0.15) is 5.82 Å². The van der Waals surface area contributed by atoms with Crippen LogP contribution in [0.15, 0.2) is 0 Å². The lowest BCUT2D eigenvalue weighted by atomic mass is 10.1. The molecule has 1 aromatic rings. The summed E-state index contributed by atoms with van der Waals surface area (Å²) in [6.45, 7) is 10.0. The summed E-state index contributed by atoms with van der Waals surface area (Å²) >= 11 is 0. The molecule has 186 valence electrons. The Labute approximate surface area is 202 Å². The highest BCUT2D eigenvalue weighted by Gasteiger charge is 2.26. The van der Waals surface area contributed by atoms with Crippen LogP contribution in [0.1, 0.15) is 102 Å². The highest BCUT2D eigenvalue weighted by Crippen LogP contribution is 2.28.